The lowest BCUT2D eigenvalue weighted by Crippen LogP contribution is -2.48. The molecule has 128 valence electrons. The second-order valence-corrected chi connectivity index (χ2v) is 7.12. The maximum atomic E-state index is 10.8. The maximum absolute atomic E-state index is 10.8. The molecule has 0 aliphatic carbocycles. The van der Waals surface area contributed by atoms with Gasteiger partial charge in [0.15, 0.2) is 0 Å². The fourth-order valence-electron chi connectivity index (χ4n) is 3.50. The van der Waals surface area contributed by atoms with E-state index in [4.69, 9.17) is 0 Å². The first-order valence-corrected chi connectivity index (χ1v) is 9.53. The van der Waals surface area contributed by atoms with E-state index >= 15 is 0 Å². The van der Waals surface area contributed by atoms with Crippen molar-refractivity contribution in [1.82, 2.24) is 0 Å². The van der Waals surface area contributed by atoms with Crippen molar-refractivity contribution in [3.05, 3.63) is 12.2 Å². The van der Waals surface area contributed by atoms with E-state index in [-0.39, 0.29) is 5.54 Å². The molecule has 0 saturated carbocycles. The molecule has 0 aromatic heterocycles. The minimum absolute atomic E-state index is 0.383. The van der Waals surface area contributed by atoms with Gasteiger partial charge in [-0.05, 0) is 25.8 Å². The molecule has 0 aromatic rings. The van der Waals surface area contributed by atoms with Gasteiger partial charge in [0.05, 0.1) is 5.60 Å². The average molecular weight is 308 g/mol. The highest BCUT2D eigenvalue weighted by molar-refractivity contribution is 5.75. The largest absolute Gasteiger partial charge is 0.387 e. The molecule has 0 spiro atoms. The summed E-state index contributed by atoms with van der Waals surface area (Å²) in [6, 6.07) is 0. The quantitative estimate of drug-likeness (QED) is 0.426. The van der Waals surface area contributed by atoms with Gasteiger partial charge >= 0.3 is 0 Å². The van der Waals surface area contributed by atoms with Crippen LogP contribution in [0.2, 0.25) is 0 Å². The van der Waals surface area contributed by atoms with Crippen molar-refractivity contribution in [2.24, 2.45) is 4.99 Å². The van der Waals surface area contributed by atoms with Crippen molar-refractivity contribution in [2.75, 3.05) is 0 Å². The van der Waals surface area contributed by atoms with Gasteiger partial charge in [-0.2, -0.15) is 0 Å². The maximum Gasteiger partial charge on any atom is 0.107 e. The van der Waals surface area contributed by atoms with Gasteiger partial charge in [0.25, 0.3) is 0 Å². The molecule has 0 radical (unpaired) electrons. The number of rotatable bonds is 13. The number of aliphatic imine (C=N–C) groups is 1. The van der Waals surface area contributed by atoms with Crippen LogP contribution in [0.4, 0.5) is 0 Å². The summed E-state index contributed by atoms with van der Waals surface area (Å²) in [4.78, 5) is 4.54. The van der Waals surface area contributed by atoms with Gasteiger partial charge in [0.1, 0.15) is 5.54 Å². The number of hydrogen-bond acceptors (Lipinski definition) is 2. The summed E-state index contributed by atoms with van der Waals surface area (Å²) in [6.45, 7) is 6.33. The molecule has 1 N–H and O–H groups in total. The molecule has 22 heavy (non-hydrogen) atoms. The Hall–Kier alpha value is -0.630. The first-order chi connectivity index (χ1) is 10.6. The molecule has 1 aliphatic heterocycles. The van der Waals surface area contributed by atoms with E-state index in [2.05, 4.69) is 24.9 Å². The number of aliphatic hydroxyl groups is 1. The zero-order chi connectivity index (χ0) is 16.3. The van der Waals surface area contributed by atoms with Crippen molar-refractivity contribution in [3.63, 3.8) is 0 Å². The third-order valence-electron chi connectivity index (χ3n) is 5.25. The van der Waals surface area contributed by atoms with E-state index in [1.807, 2.05) is 19.2 Å². The summed E-state index contributed by atoms with van der Waals surface area (Å²) >= 11 is 0. The van der Waals surface area contributed by atoms with Crippen molar-refractivity contribution in [2.45, 2.75) is 109 Å². The number of allylic oxidation sites excluding steroid dienone is 1. The first kappa shape index (κ1) is 19.4. The monoisotopic (exact) mass is 307 g/mol. The van der Waals surface area contributed by atoms with Crippen molar-refractivity contribution in [3.8, 4) is 0 Å². The molecule has 2 atom stereocenters. The van der Waals surface area contributed by atoms with Gasteiger partial charge < -0.3 is 5.11 Å². The van der Waals surface area contributed by atoms with Crippen LogP contribution in [-0.4, -0.2) is 22.5 Å². The van der Waals surface area contributed by atoms with Crippen LogP contribution < -0.4 is 0 Å². The standard InChI is InChI=1S/C20H37NO/c1-4-6-7-8-9-10-11-12-13-14-16-19(3,22)20(5-2)17-15-18-21-20/h15,17-18,22H,4-14,16H2,1-3H3. The number of hydrogen-bond donors (Lipinski definition) is 1. The highest BCUT2D eigenvalue weighted by atomic mass is 16.3. The van der Waals surface area contributed by atoms with Crippen molar-refractivity contribution < 1.29 is 5.11 Å². The van der Waals surface area contributed by atoms with Crippen LogP contribution in [0.3, 0.4) is 0 Å². The smallest absolute Gasteiger partial charge is 0.107 e. The minimum Gasteiger partial charge on any atom is -0.387 e. The van der Waals surface area contributed by atoms with Crippen LogP contribution in [-0.2, 0) is 0 Å². The molecular weight excluding hydrogens is 270 g/mol. The lowest BCUT2D eigenvalue weighted by molar-refractivity contribution is -0.00793. The summed E-state index contributed by atoms with van der Waals surface area (Å²) in [5.74, 6) is 0. The number of unbranched alkanes of at least 4 members (excludes halogenated alkanes) is 9. The third-order valence-corrected chi connectivity index (χ3v) is 5.25. The summed E-state index contributed by atoms with van der Waals surface area (Å²) in [5, 5.41) is 10.8. The third kappa shape index (κ3) is 5.87. The fourth-order valence-corrected chi connectivity index (χ4v) is 3.50. The molecule has 0 fully saturated rings. The first-order valence-electron chi connectivity index (χ1n) is 9.53. The van der Waals surface area contributed by atoms with Gasteiger partial charge in [0.2, 0.25) is 0 Å². The molecule has 1 rings (SSSR count). The van der Waals surface area contributed by atoms with Gasteiger partial charge in [-0.1, -0.05) is 84.1 Å². The molecule has 2 nitrogen and oxygen atoms in total. The predicted molar refractivity (Wildman–Crippen MR) is 97.7 cm³/mol. The predicted octanol–water partition coefficient (Wildman–Crippen LogP) is 5.84. The molecule has 0 aromatic carbocycles. The summed E-state index contributed by atoms with van der Waals surface area (Å²) in [5.41, 5.74) is -1.10. The van der Waals surface area contributed by atoms with E-state index in [9.17, 15) is 5.11 Å². The Balaban J connectivity index is 2.09. The summed E-state index contributed by atoms with van der Waals surface area (Å²) < 4.78 is 0. The normalized spacial score (nSPS) is 23.1. The van der Waals surface area contributed by atoms with E-state index in [0.29, 0.717) is 0 Å². The Labute approximate surface area is 138 Å². The lowest BCUT2D eigenvalue weighted by atomic mass is 9.76. The van der Waals surface area contributed by atoms with Crippen LogP contribution in [0.15, 0.2) is 17.1 Å². The van der Waals surface area contributed by atoms with E-state index < -0.39 is 5.60 Å². The lowest BCUT2D eigenvalue weighted by Gasteiger charge is -2.38. The SMILES string of the molecule is CCCCCCCCCCCCC(C)(O)C1(CC)C=CC=N1. The zero-order valence-electron chi connectivity index (χ0n) is 15.1. The Kier molecular flexibility index (Phi) is 9.00. The Morgan fingerprint density at radius 3 is 1.91 bits per heavy atom. The van der Waals surface area contributed by atoms with Crippen LogP contribution in [0.5, 0.6) is 0 Å². The molecule has 1 aliphatic rings. The second-order valence-electron chi connectivity index (χ2n) is 7.12. The molecule has 0 bridgehead atoms. The van der Waals surface area contributed by atoms with E-state index in [0.717, 1.165) is 19.3 Å². The fraction of sp³-hybridized carbons (Fsp3) is 0.850. The molecule has 1 heterocycles. The van der Waals surface area contributed by atoms with Gasteiger partial charge in [-0.25, -0.2) is 0 Å². The minimum atomic E-state index is -0.717. The molecule has 0 saturated heterocycles. The van der Waals surface area contributed by atoms with Crippen LogP contribution in [0, 0.1) is 0 Å². The van der Waals surface area contributed by atoms with Crippen LogP contribution in [0.1, 0.15) is 97.8 Å². The van der Waals surface area contributed by atoms with E-state index in [1.165, 1.54) is 57.8 Å². The van der Waals surface area contributed by atoms with E-state index in [1.54, 1.807) is 0 Å². The molecular formula is C20H37NO. The molecule has 2 heteroatoms. The highest BCUT2D eigenvalue weighted by Crippen LogP contribution is 2.37. The van der Waals surface area contributed by atoms with Crippen LogP contribution >= 0.6 is 0 Å². The summed E-state index contributed by atoms with van der Waals surface area (Å²) in [7, 11) is 0. The van der Waals surface area contributed by atoms with Gasteiger partial charge in [0, 0.05) is 6.21 Å². The Bertz CT molecular complexity index is 332. The summed E-state index contributed by atoms with van der Waals surface area (Å²) in [6.07, 6.45) is 20.9. The Morgan fingerprint density at radius 1 is 0.909 bits per heavy atom. The molecule has 2 unspecified atom stereocenters. The zero-order valence-corrected chi connectivity index (χ0v) is 15.1. The van der Waals surface area contributed by atoms with Gasteiger partial charge in [-0.15, -0.1) is 0 Å². The Morgan fingerprint density at radius 2 is 1.45 bits per heavy atom. The second kappa shape index (κ2) is 10.2. The highest BCUT2D eigenvalue weighted by Gasteiger charge is 2.43. The van der Waals surface area contributed by atoms with Crippen molar-refractivity contribution in [1.29, 1.82) is 0 Å². The molecule has 0 amide bonds. The topological polar surface area (TPSA) is 32.6 Å². The number of nitrogens with zero attached hydrogens (tertiary/aromatic N) is 1. The average Bonchev–Trinajstić information content (AvgIpc) is 3.00. The van der Waals surface area contributed by atoms with Crippen LogP contribution in [0.25, 0.3) is 0 Å². The van der Waals surface area contributed by atoms with Crippen molar-refractivity contribution >= 4 is 6.21 Å². The van der Waals surface area contributed by atoms with Gasteiger partial charge in [-0.3, -0.25) is 4.99 Å².